The second-order valence-electron chi connectivity index (χ2n) is 7.24. The van der Waals surface area contributed by atoms with Crippen molar-refractivity contribution in [3.8, 4) is 5.75 Å². The third-order valence-electron chi connectivity index (χ3n) is 4.88. The number of hydrazone groups is 1. The number of pyridine rings is 1. The molecule has 1 amide bonds. The molecular weight excluding hydrogens is 390 g/mol. The molecular formula is C22H22ClN3O3. The molecule has 6 nitrogen and oxygen atoms in total. The van der Waals surface area contributed by atoms with Crippen LogP contribution in [0, 0.1) is 5.92 Å². The molecule has 29 heavy (non-hydrogen) atoms. The first-order valence-corrected chi connectivity index (χ1v) is 10.0. The summed E-state index contributed by atoms with van der Waals surface area (Å²) in [7, 11) is 0. The Morgan fingerprint density at radius 3 is 2.86 bits per heavy atom. The number of carbonyl (C=O) groups excluding carboxylic acids is 1. The van der Waals surface area contributed by atoms with Gasteiger partial charge in [0.05, 0.1) is 24.4 Å². The molecule has 3 aromatic rings. The second kappa shape index (κ2) is 7.87. The largest absolute Gasteiger partial charge is 0.494 e. The topological polar surface area (TPSA) is 67.9 Å². The maximum Gasteiger partial charge on any atom is 0.245 e. The van der Waals surface area contributed by atoms with Gasteiger partial charge in [0.15, 0.2) is 0 Å². The van der Waals surface area contributed by atoms with Gasteiger partial charge in [0.1, 0.15) is 22.4 Å². The minimum absolute atomic E-state index is 0.0700. The van der Waals surface area contributed by atoms with Crippen molar-refractivity contribution in [2.45, 2.75) is 33.2 Å². The summed E-state index contributed by atoms with van der Waals surface area (Å²) >= 11 is 6.57. The molecule has 0 saturated carbocycles. The molecule has 1 atom stereocenters. The third-order valence-corrected chi connectivity index (χ3v) is 5.18. The van der Waals surface area contributed by atoms with Gasteiger partial charge in [-0.1, -0.05) is 25.4 Å². The zero-order valence-corrected chi connectivity index (χ0v) is 17.3. The van der Waals surface area contributed by atoms with E-state index in [2.05, 4.69) is 10.1 Å². The van der Waals surface area contributed by atoms with Crippen LogP contribution in [0.3, 0.4) is 0 Å². The maximum absolute atomic E-state index is 12.8. The number of hydrogen-bond donors (Lipinski definition) is 0. The van der Waals surface area contributed by atoms with E-state index < -0.39 is 0 Å². The number of fused-ring (bicyclic) bond motifs is 1. The Balaban J connectivity index is 1.75. The van der Waals surface area contributed by atoms with Crippen LogP contribution < -0.4 is 4.74 Å². The van der Waals surface area contributed by atoms with E-state index in [0.29, 0.717) is 23.9 Å². The predicted octanol–water partition coefficient (Wildman–Crippen LogP) is 5.21. The predicted molar refractivity (Wildman–Crippen MR) is 112 cm³/mol. The molecule has 1 aliphatic heterocycles. The smallest absolute Gasteiger partial charge is 0.245 e. The molecule has 0 bridgehead atoms. The van der Waals surface area contributed by atoms with Gasteiger partial charge in [-0.2, -0.15) is 5.10 Å². The van der Waals surface area contributed by atoms with E-state index in [1.807, 2.05) is 51.1 Å². The SMILES string of the molecule is CCOc1ccc2cc(C3CC(c4ccco4)=NN3C(=O)C(C)C)c(Cl)nc2c1. The average molecular weight is 412 g/mol. The number of halogens is 1. The van der Waals surface area contributed by atoms with Gasteiger partial charge in [-0.15, -0.1) is 0 Å². The van der Waals surface area contributed by atoms with Crippen LogP contribution in [0.4, 0.5) is 0 Å². The summed E-state index contributed by atoms with van der Waals surface area (Å²) in [6, 6.07) is 11.0. The zero-order valence-electron chi connectivity index (χ0n) is 16.6. The molecule has 2 aromatic heterocycles. The summed E-state index contributed by atoms with van der Waals surface area (Å²) in [6.07, 6.45) is 2.11. The Hall–Kier alpha value is -2.86. The van der Waals surface area contributed by atoms with Crippen molar-refractivity contribution in [1.82, 2.24) is 9.99 Å². The van der Waals surface area contributed by atoms with E-state index in [-0.39, 0.29) is 17.9 Å². The van der Waals surface area contributed by atoms with Crippen LogP contribution in [0.25, 0.3) is 10.9 Å². The Labute approximate surface area is 174 Å². The summed E-state index contributed by atoms with van der Waals surface area (Å²) in [5.74, 6) is 1.13. The standard InChI is InChI=1S/C22H22ClN3O3/c1-4-28-15-8-7-14-10-16(21(23)24-17(14)11-15)19-12-18(20-6-5-9-29-20)25-26(19)22(27)13(2)3/h5-11,13,19H,4,12H2,1-3H3. The summed E-state index contributed by atoms with van der Waals surface area (Å²) in [5.41, 5.74) is 2.23. The molecule has 0 fully saturated rings. The van der Waals surface area contributed by atoms with Gasteiger partial charge in [0.25, 0.3) is 0 Å². The van der Waals surface area contributed by atoms with Gasteiger partial charge in [-0.25, -0.2) is 9.99 Å². The second-order valence-corrected chi connectivity index (χ2v) is 7.60. The number of nitrogens with zero attached hydrogens (tertiary/aromatic N) is 3. The Bertz CT molecular complexity index is 1080. The van der Waals surface area contributed by atoms with Gasteiger partial charge in [0.2, 0.25) is 5.91 Å². The number of carbonyl (C=O) groups is 1. The lowest BCUT2D eigenvalue weighted by molar-refractivity contribution is -0.136. The van der Waals surface area contributed by atoms with Crippen LogP contribution in [-0.2, 0) is 4.79 Å². The first-order valence-electron chi connectivity index (χ1n) is 9.65. The number of furan rings is 1. The van der Waals surface area contributed by atoms with Crippen molar-refractivity contribution in [2.24, 2.45) is 11.0 Å². The van der Waals surface area contributed by atoms with Crippen LogP contribution >= 0.6 is 11.6 Å². The van der Waals surface area contributed by atoms with Crippen molar-refractivity contribution in [1.29, 1.82) is 0 Å². The van der Waals surface area contributed by atoms with Crippen LogP contribution in [0.1, 0.15) is 44.6 Å². The van der Waals surface area contributed by atoms with Crippen molar-refractivity contribution >= 4 is 34.1 Å². The monoisotopic (exact) mass is 411 g/mol. The van der Waals surface area contributed by atoms with Gasteiger partial charge in [-0.05, 0) is 37.3 Å². The third kappa shape index (κ3) is 3.72. The molecule has 1 aromatic carbocycles. The molecule has 7 heteroatoms. The lowest BCUT2D eigenvalue weighted by Gasteiger charge is -2.24. The first-order chi connectivity index (χ1) is 14.0. The normalized spacial score (nSPS) is 16.5. The number of hydrogen-bond acceptors (Lipinski definition) is 5. The summed E-state index contributed by atoms with van der Waals surface area (Å²) in [4.78, 5) is 17.4. The summed E-state index contributed by atoms with van der Waals surface area (Å²) in [5, 5.41) is 7.37. The Morgan fingerprint density at radius 1 is 1.34 bits per heavy atom. The molecule has 0 N–H and O–H groups in total. The van der Waals surface area contributed by atoms with Gasteiger partial charge in [0, 0.05) is 29.4 Å². The molecule has 4 rings (SSSR count). The fourth-order valence-corrected chi connectivity index (χ4v) is 3.71. The van der Waals surface area contributed by atoms with Gasteiger partial charge in [-0.3, -0.25) is 4.79 Å². The van der Waals surface area contributed by atoms with E-state index in [1.54, 1.807) is 12.3 Å². The molecule has 0 radical (unpaired) electrons. The molecule has 0 saturated heterocycles. The maximum atomic E-state index is 12.8. The van der Waals surface area contributed by atoms with Crippen LogP contribution in [0.15, 0.2) is 52.2 Å². The molecule has 1 aliphatic rings. The van der Waals surface area contributed by atoms with Crippen molar-refractivity contribution < 1.29 is 13.9 Å². The molecule has 150 valence electrons. The van der Waals surface area contributed by atoms with Crippen LogP contribution in [-0.4, -0.2) is 28.2 Å². The van der Waals surface area contributed by atoms with E-state index >= 15 is 0 Å². The highest BCUT2D eigenvalue weighted by Crippen LogP contribution is 2.38. The fourth-order valence-electron chi connectivity index (χ4n) is 3.44. The number of aromatic nitrogens is 1. The van der Waals surface area contributed by atoms with Gasteiger partial charge < -0.3 is 9.15 Å². The highest BCUT2D eigenvalue weighted by Gasteiger charge is 2.36. The van der Waals surface area contributed by atoms with E-state index in [9.17, 15) is 4.79 Å². The van der Waals surface area contributed by atoms with Crippen molar-refractivity contribution in [3.63, 3.8) is 0 Å². The van der Waals surface area contributed by atoms with Crippen molar-refractivity contribution in [3.05, 3.63) is 59.1 Å². The Morgan fingerprint density at radius 2 is 2.17 bits per heavy atom. The quantitative estimate of drug-likeness (QED) is 0.540. The zero-order chi connectivity index (χ0) is 20.5. The number of ether oxygens (including phenoxy) is 1. The highest BCUT2D eigenvalue weighted by atomic mass is 35.5. The summed E-state index contributed by atoms with van der Waals surface area (Å²) in [6.45, 7) is 6.23. The molecule has 0 spiro atoms. The van der Waals surface area contributed by atoms with Crippen LogP contribution in [0.5, 0.6) is 5.75 Å². The molecule has 1 unspecified atom stereocenters. The first kappa shape index (κ1) is 19.5. The average Bonchev–Trinajstić information content (AvgIpc) is 3.37. The lowest BCUT2D eigenvalue weighted by atomic mass is 10.00. The number of rotatable bonds is 5. The van der Waals surface area contributed by atoms with Crippen LogP contribution in [0.2, 0.25) is 5.15 Å². The minimum Gasteiger partial charge on any atom is -0.494 e. The molecule has 3 heterocycles. The molecule has 0 aliphatic carbocycles. The highest BCUT2D eigenvalue weighted by molar-refractivity contribution is 6.30. The Kier molecular flexibility index (Phi) is 5.28. The fraction of sp³-hybridized carbons (Fsp3) is 0.318. The van der Waals surface area contributed by atoms with Gasteiger partial charge >= 0.3 is 0 Å². The number of benzene rings is 1. The van der Waals surface area contributed by atoms with E-state index in [4.69, 9.17) is 20.8 Å². The summed E-state index contributed by atoms with van der Waals surface area (Å²) < 4.78 is 11.0. The number of amides is 1. The van der Waals surface area contributed by atoms with Crippen molar-refractivity contribution in [2.75, 3.05) is 6.61 Å². The van der Waals surface area contributed by atoms with E-state index in [0.717, 1.165) is 27.9 Å². The lowest BCUT2D eigenvalue weighted by Crippen LogP contribution is -2.30. The van der Waals surface area contributed by atoms with E-state index in [1.165, 1.54) is 5.01 Å². The minimum atomic E-state index is -0.332.